The molecule has 1 aliphatic rings. The van der Waals surface area contributed by atoms with Crippen molar-refractivity contribution in [2.45, 2.75) is 65.2 Å². The Kier molecular flexibility index (Phi) is 18.4. The van der Waals surface area contributed by atoms with Gasteiger partial charge in [0.25, 0.3) is 0 Å². The SMILES string of the molecule is COCCOC(=O)CCN(CCCN(C)C)CCC(=O)OCCOC(=O)C1CC=C(CCC=C(C)C)CC1. The molecular weight excluding hydrogens is 488 g/mol. The lowest BCUT2D eigenvalue weighted by atomic mass is 9.88. The van der Waals surface area contributed by atoms with Crippen molar-refractivity contribution < 1.29 is 33.3 Å². The molecule has 1 rings (SSSR count). The molecule has 0 N–H and O–H groups in total. The number of carbonyl (C=O) groups excluding carboxylic acids is 3. The zero-order valence-electron chi connectivity index (χ0n) is 24.3. The molecule has 218 valence electrons. The van der Waals surface area contributed by atoms with Gasteiger partial charge in [-0.2, -0.15) is 0 Å². The third kappa shape index (κ3) is 17.3. The van der Waals surface area contributed by atoms with E-state index in [0.717, 1.165) is 45.2 Å². The first kappa shape index (κ1) is 33.8. The molecule has 1 atom stereocenters. The van der Waals surface area contributed by atoms with E-state index in [2.05, 4.69) is 35.8 Å². The molecule has 9 heteroatoms. The van der Waals surface area contributed by atoms with Crippen LogP contribution in [0.2, 0.25) is 0 Å². The number of methoxy groups -OCH3 is 1. The van der Waals surface area contributed by atoms with Crippen molar-refractivity contribution in [2.75, 3.05) is 73.8 Å². The number of hydrogen-bond donors (Lipinski definition) is 0. The van der Waals surface area contributed by atoms with Crippen LogP contribution in [-0.2, 0) is 33.3 Å². The van der Waals surface area contributed by atoms with Crippen molar-refractivity contribution in [3.05, 3.63) is 23.3 Å². The minimum atomic E-state index is -0.345. The minimum Gasteiger partial charge on any atom is -0.463 e. The van der Waals surface area contributed by atoms with Gasteiger partial charge in [-0.1, -0.05) is 23.3 Å². The highest BCUT2D eigenvalue weighted by atomic mass is 16.6. The molecule has 38 heavy (non-hydrogen) atoms. The maximum Gasteiger partial charge on any atom is 0.309 e. The summed E-state index contributed by atoms with van der Waals surface area (Å²) in [5.41, 5.74) is 2.75. The predicted octanol–water partition coefficient (Wildman–Crippen LogP) is 3.77. The summed E-state index contributed by atoms with van der Waals surface area (Å²) in [7, 11) is 5.58. The molecule has 0 saturated heterocycles. The van der Waals surface area contributed by atoms with E-state index in [9.17, 15) is 14.4 Å². The van der Waals surface area contributed by atoms with Gasteiger partial charge < -0.3 is 28.7 Å². The number of carbonyl (C=O) groups is 3. The summed E-state index contributed by atoms with van der Waals surface area (Å²) in [5.74, 6) is -0.958. The van der Waals surface area contributed by atoms with Crippen LogP contribution >= 0.6 is 0 Å². The average Bonchev–Trinajstić information content (AvgIpc) is 2.88. The van der Waals surface area contributed by atoms with Gasteiger partial charge in [0.15, 0.2) is 0 Å². The summed E-state index contributed by atoms with van der Waals surface area (Å²) in [4.78, 5) is 40.7. The van der Waals surface area contributed by atoms with Crippen molar-refractivity contribution in [3.63, 3.8) is 0 Å². The highest BCUT2D eigenvalue weighted by Crippen LogP contribution is 2.27. The molecule has 0 saturated carbocycles. The van der Waals surface area contributed by atoms with Gasteiger partial charge in [-0.15, -0.1) is 0 Å². The van der Waals surface area contributed by atoms with Crippen LogP contribution in [0.3, 0.4) is 0 Å². The topological polar surface area (TPSA) is 94.6 Å². The van der Waals surface area contributed by atoms with Gasteiger partial charge in [-0.25, -0.2) is 0 Å². The lowest BCUT2D eigenvalue weighted by molar-refractivity contribution is -0.155. The van der Waals surface area contributed by atoms with E-state index in [4.69, 9.17) is 18.9 Å². The number of hydrogen-bond acceptors (Lipinski definition) is 9. The highest BCUT2D eigenvalue weighted by Gasteiger charge is 2.22. The molecular formula is C29H50N2O7. The number of rotatable bonds is 20. The first-order valence-corrected chi connectivity index (χ1v) is 13.9. The number of allylic oxidation sites excluding steroid dienone is 4. The standard InChI is InChI=1S/C29H50N2O7/c1-24(2)8-6-9-25-10-12-26(13-11-25)29(34)38-23-22-37-28(33)15-19-31(17-7-16-30(3)4)18-14-27(32)36-21-20-35-5/h8,10,26H,6-7,9,11-23H2,1-5H3. The fraction of sp³-hybridized carbons (Fsp3) is 0.759. The fourth-order valence-electron chi connectivity index (χ4n) is 4.12. The number of nitrogens with zero attached hydrogens (tertiary/aromatic N) is 2. The monoisotopic (exact) mass is 538 g/mol. The van der Waals surface area contributed by atoms with E-state index in [-0.39, 0.29) is 56.5 Å². The van der Waals surface area contributed by atoms with Crippen molar-refractivity contribution in [1.29, 1.82) is 0 Å². The molecule has 0 amide bonds. The van der Waals surface area contributed by atoms with Gasteiger partial charge in [0.1, 0.15) is 19.8 Å². The highest BCUT2D eigenvalue weighted by molar-refractivity contribution is 5.73. The van der Waals surface area contributed by atoms with Gasteiger partial charge in [-0.05, 0) is 79.6 Å². The predicted molar refractivity (Wildman–Crippen MR) is 148 cm³/mol. The third-order valence-electron chi connectivity index (χ3n) is 6.34. The normalized spacial score (nSPS) is 15.2. The number of esters is 3. The van der Waals surface area contributed by atoms with Gasteiger partial charge in [0.05, 0.1) is 25.4 Å². The summed E-state index contributed by atoms with van der Waals surface area (Å²) < 4.78 is 20.6. The summed E-state index contributed by atoms with van der Waals surface area (Å²) in [5, 5.41) is 0. The molecule has 1 aliphatic carbocycles. The van der Waals surface area contributed by atoms with Crippen LogP contribution in [0, 0.1) is 5.92 Å². The van der Waals surface area contributed by atoms with E-state index in [0.29, 0.717) is 26.1 Å². The van der Waals surface area contributed by atoms with Crippen molar-refractivity contribution >= 4 is 17.9 Å². The summed E-state index contributed by atoms with van der Waals surface area (Å²) in [6, 6.07) is 0. The van der Waals surface area contributed by atoms with Gasteiger partial charge in [-0.3, -0.25) is 14.4 Å². The fourth-order valence-corrected chi connectivity index (χ4v) is 4.12. The van der Waals surface area contributed by atoms with Crippen LogP contribution in [0.4, 0.5) is 0 Å². The first-order chi connectivity index (χ1) is 18.2. The van der Waals surface area contributed by atoms with Crippen molar-refractivity contribution in [2.24, 2.45) is 5.92 Å². The molecule has 0 spiro atoms. The second-order valence-corrected chi connectivity index (χ2v) is 10.3. The zero-order chi connectivity index (χ0) is 28.2. The Morgan fingerprint density at radius 1 is 0.921 bits per heavy atom. The quantitative estimate of drug-likeness (QED) is 0.0993. The first-order valence-electron chi connectivity index (χ1n) is 13.9. The summed E-state index contributed by atoms with van der Waals surface area (Å²) >= 11 is 0. The van der Waals surface area contributed by atoms with Crippen LogP contribution in [0.1, 0.15) is 65.2 Å². The lowest BCUT2D eigenvalue weighted by Crippen LogP contribution is -2.32. The maximum absolute atomic E-state index is 12.4. The van der Waals surface area contributed by atoms with Gasteiger partial charge in [0, 0.05) is 20.2 Å². The summed E-state index contributed by atoms with van der Waals surface area (Å²) in [6.45, 7) is 7.61. The molecule has 0 fully saturated rings. The zero-order valence-corrected chi connectivity index (χ0v) is 24.3. The van der Waals surface area contributed by atoms with E-state index in [1.807, 2.05) is 14.1 Å². The van der Waals surface area contributed by atoms with Crippen molar-refractivity contribution in [3.8, 4) is 0 Å². The second-order valence-electron chi connectivity index (χ2n) is 10.3. The van der Waals surface area contributed by atoms with Crippen LogP contribution in [0.15, 0.2) is 23.3 Å². The average molecular weight is 539 g/mol. The largest absolute Gasteiger partial charge is 0.463 e. The Morgan fingerprint density at radius 2 is 1.55 bits per heavy atom. The third-order valence-corrected chi connectivity index (χ3v) is 6.34. The molecule has 0 aromatic heterocycles. The maximum atomic E-state index is 12.4. The summed E-state index contributed by atoms with van der Waals surface area (Å²) in [6.07, 6.45) is 10.4. The Labute approximate surface area is 229 Å². The Morgan fingerprint density at radius 3 is 2.11 bits per heavy atom. The van der Waals surface area contributed by atoms with E-state index < -0.39 is 0 Å². The Bertz CT molecular complexity index is 760. The number of ether oxygens (including phenoxy) is 4. The molecule has 1 unspecified atom stereocenters. The van der Waals surface area contributed by atoms with Crippen molar-refractivity contribution in [1.82, 2.24) is 9.80 Å². The van der Waals surface area contributed by atoms with Crippen LogP contribution in [0.25, 0.3) is 0 Å². The molecule has 0 radical (unpaired) electrons. The van der Waals surface area contributed by atoms with Gasteiger partial charge >= 0.3 is 17.9 Å². The molecule has 9 nitrogen and oxygen atoms in total. The van der Waals surface area contributed by atoms with Crippen LogP contribution in [0.5, 0.6) is 0 Å². The minimum absolute atomic E-state index is 0.0491. The lowest BCUT2D eigenvalue weighted by Gasteiger charge is -2.22. The molecule has 0 aromatic rings. The molecule has 0 aromatic carbocycles. The second kappa shape index (κ2) is 20.7. The van der Waals surface area contributed by atoms with E-state index >= 15 is 0 Å². The smallest absolute Gasteiger partial charge is 0.309 e. The Hall–Kier alpha value is -2.23. The molecule has 0 aliphatic heterocycles. The van der Waals surface area contributed by atoms with Crippen LogP contribution < -0.4 is 0 Å². The Balaban J connectivity index is 2.28. The molecule has 0 bridgehead atoms. The van der Waals surface area contributed by atoms with E-state index in [1.165, 1.54) is 11.1 Å². The van der Waals surface area contributed by atoms with Crippen LogP contribution in [-0.4, -0.2) is 102 Å². The molecule has 0 heterocycles. The van der Waals surface area contributed by atoms with Gasteiger partial charge in [0.2, 0.25) is 0 Å². The van der Waals surface area contributed by atoms with E-state index in [1.54, 1.807) is 7.11 Å².